The lowest BCUT2D eigenvalue weighted by atomic mass is 10.0. The summed E-state index contributed by atoms with van der Waals surface area (Å²) in [6.07, 6.45) is -1.41. The Morgan fingerprint density at radius 1 is 1.19 bits per heavy atom. The number of methoxy groups -OCH3 is 1. The number of amides is 1. The molecule has 0 saturated heterocycles. The number of rotatable bonds is 7. The molecular formula is C20H22N2O5. The molecule has 142 valence electrons. The van der Waals surface area contributed by atoms with Gasteiger partial charge in [0.25, 0.3) is 0 Å². The third-order valence-corrected chi connectivity index (χ3v) is 4.27. The maximum absolute atomic E-state index is 11.8. The number of carbonyl (C=O) groups excluding carboxylic acids is 1. The third-order valence-electron chi connectivity index (χ3n) is 4.27. The summed E-state index contributed by atoms with van der Waals surface area (Å²) in [5.41, 5.74) is 2.20. The molecule has 3 rings (SSSR count). The van der Waals surface area contributed by atoms with Gasteiger partial charge in [0, 0.05) is 29.2 Å². The number of hydrogen-bond acceptors (Lipinski definition) is 5. The van der Waals surface area contributed by atoms with Crippen LogP contribution in [0.25, 0.3) is 10.9 Å². The lowest BCUT2D eigenvalue weighted by Crippen LogP contribution is -2.35. The van der Waals surface area contributed by atoms with Crippen LogP contribution in [-0.2, 0) is 11.3 Å². The van der Waals surface area contributed by atoms with Crippen LogP contribution in [0.4, 0.5) is 4.79 Å². The van der Waals surface area contributed by atoms with Crippen LogP contribution < -0.4 is 10.1 Å². The highest BCUT2D eigenvalue weighted by molar-refractivity contribution is 5.85. The maximum Gasteiger partial charge on any atom is 0.407 e. The Kier molecular flexibility index (Phi) is 5.95. The van der Waals surface area contributed by atoms with Crippen molar-refractivity contribution in [3.63, 3.8) is 0 Å². The number of hydrogen-bond donors (Lipinski definition) is 4. The number of benzene rings is 2. The van der Waals surface area contributed by atoms with Gasteiger partial charge < -0.3 is 30.0 Å². The minimum atomic E-state index is -1.19. The highest BCUT2D eigenvalue weighted by Crippen LogP contribution is 2.29. The number of ether oxygens (including phenoxy) is 2. The number of H-pyrrole nitrogens is 1. The number of aromatic nitrogens is 1. The molecule has 0 radical (unpaired) electrons. The first kappa shape index (κ1) is 18.8. The zero-order valence-electron chi connectivity index (χ0n) is 14.9. The molecule has 2 atom stereocenters. The summed E-state index contributed by atoms with van der Waals surface area (Å²) in [6, 6.07) is 14.7. The summed E-state index contributed by atoms with van der Waals surface area (Å²) < 4.78 is 10.3. The molecule has 0 saturated carbocycles. The minimum absolute atomic E-state index is 0.133. The summed E-state index contributed by atoms with van der Waals surface area (Å²) in [7, 11) is 1.56. The molecule has 0 aliphatic rings. The van der Waals surface area contributed by atoms with E-state index >= 15 is 0 Å². The van der Waals surface area contributed by atoms with Crippen molar-refractivity contribution < 1.29 is 24.5 Å². The average molecular weight is 370 g/mol. The van der Waals surface area contributed by atoms with Crippen LogP contribution in [0.15, 0.2) is 54.7 Å². The van der Waals surface area contributed by atoms with Crippen LogP contribution in [0, 0.1) is 0 Å². The number of carbonyl (C=O) groups is 1. The van der Waals surface area contributed by atoms with Crippen LogP contribution in [0.1, 0.15) is 17.2 Å². The van der Waals surface area contributed by atoms with E-state index in [1.807, 2.05) is 36.4 Å². The van der Waals surface area contributed by atoms with E-state index in [1.54, 1.807) is 25.4 Å². The van der Waals surface area contributed by atoms with Gasteiger partial charge in [-0.15, -0.1) is 0 Å². The van der Waals surface area contributed by atoms with Gasteiger partial charge in [-0.05, 0) is 23.8 Å². The molecule has 4 N–H and O–H groups in total. The summed E-state index contributed by atoms with van der Waals surface area (Å²) in [4.78, 5) is 14.8. The maximum atomic E-state index is 11.8. The summed E-state index contributed by atoms with van der Waals surface area (Å²) >= 11 is 0. The summed E-state index contributed by atoms with van der Waals surface area (Å²) in [5.74, 6) is 0.646. The SMILES string of the molecule is COc1ccc2[nH]cc(C(O)C(O)CNC(=O)OCc3ccccc3)c2c1. The molecular weight excluding hydrogens is 348 g/mol. The lowest BCUT2D eigenvalue weighted by molar-refractivity contribution is 0.0192. The molecule has 1 amide bonds. The van der Waals surface area contributed by atoms with Crippen LogP contribution in [0.2, 0.25) is 0 Å². The van der Waals surface area contributed by atoms with E-state index in [1.165, 1.54) is 0 Å². The van der Waals surface area contributed by atoms with Gasteiger partial charge in [-0.3, -0.25) is 0 Å². The zero-order chi connectivity index (χ0) is 19.2. The summed E-state index contributed by atoms with van der Waals surface area (Å²) in [6.45, 7) is -0.0149. The second kappa shape index (κ2) is 8.57. The van der Waals surface area contributed by atoms with E-state index in [-0.39, 0.29) is 13.2 Å². The van der Waals surface area contributed by atoms with Gasteiger partial charge in [-0.2, -0.15) is 0 Å². The molecule has 2 aromatic carbocycles. The van der Waals surface area contributed by atoms with Crippen molar-refractivity contribution in [3.05, 3.63) is 65.9 Å². The van der Waals surface area contributed by atoms with Gasteiger partial charge >= 0.3 is 6.09 Å². The first-order valence-corrected chi connectivity index (χ1v) is 8.54. The van der Waals surface area contributed by atoms with E-state index in [2.05, 4.69) is 10.3 Å². The molecule has 0 spiro atoms. The molecule has 0 aliphatic heterocycles. The van der Waals surface area contributed by atoms with Gasteiger partial charge in [0.2, 0.25) is 0 Å². The van der Waals surface area contributed by atoms with Gasteiger partial charge in [-0.25, -0.2) is 4.79 Å². The van der Waals surface area contributed by atoms with Gasteiger partial charge in [-0.1, -0.05) is 30.3 Å². The molecule has 7 nitrogen and oxygen atoms in total. The third kappa shape index (κ3) is 4.58. The fraction of sp³-hybridized carbons (Fsp3) is 0.250. The standard InChI is InChI=1S/C20H22N2O5/c1-26-14-7-8-17-15(9-14)16(10-21-17)19(24)18(23)11-22-20(25)27-12-13-5-3-2-4-6-13/h2-10,18-19,21,23-24H,11-12H2,1H3,(H,22,25). The average Bonchev–Trinajstić information content (AvgIpc) is 3.13. The topological polar surface area (TPSA) is 104 Å². The van der Waals surface area contributed by atoms with Crippen molar-refractivity contribution in [1.29, 1.82) is 0 Å². The van der Waals surface area contributed by atoms with E-state index < -0.39 is 18.3 Å². The first-order chi connectivity index (χ1) is 13.1. The van der Waals surface area contributed by atoms with E-state index in [4.69, 9.17) is 9.47 Å². The Morgan fingerprint density at radius 2 is 1.96 bits per heavy atom. The van der Waals surface area contributed by atoms with Crippen molar-refractivity contribution in [2.24, 2.45) is 0 Å². The number of aliphatic hydroxyl groups is 2. The molecule has 0 bridgehead atoms. The smallest absolute Gasteiger partial charge is 0.407 e. The Balaban J connectivity index is 1.56. The van der Waals surface area contributed by atoms with Crippen molar-refractivity contribution in [2.45, 2.75) is 18.8 Å². The van der Waals surface area contributed by atoms with Gasteiger partial charge in [0.05, 0.1) is 7.11 Å². The fourth-order valence-corrected chi connectivity index (χ4v) is 2.77. The van der Waals surface area contributed by atoms with Crippen LogP contribution in [0.5, 0.6) is 5.75 Å². The zero-order valence-corrected chi connectivity index (χ0v) is 14.9. The number of aromatic amines is 1. The molecule has 1 aromatic heterocycles. The van der Waals surface area contributed by atoms with Crippen molar-refractivity contribution in [1.82, 2.24) is 10.3 Å². The summed E-state index contributed by atoms with van der Waals surface area (Å²) in [5, 5.41) is 23.9. The van der Waals surface area contributed by atoms with Crippen molar-refractivity contribution >= 4 is 17.0 Å². The van der Waals surface area contributed by atoms with Crippen molar-refractivity contribution in [2.75, 3.05) is 13.7 Å². The molecule has 2 unspecified atom stereocenters. The number of nitrogens with one attached hydrogen (secondary N) is 2. The second-order valence-corrected chi connectivity index (χ2v) is 6.11. The second-order valence-electron chi connectivity index (χ2n) is 6.11. The van der Waals surface area contributed by atoms with Crippen molar-refractivity contribution in [3.8, 4) is 5.75 Å². The number of alkyl carbamates (subject to hydrolysis) is 1. The molecule has 1 heterocycles. The number of aliphatic hydroxyl groups excluding tert-OH is 2. The van der Waals surface area contributed by atoms with Gasteiger partial charge in [0.1, 0.15) is 24.6 Å². The lowest BCUT2D eigenvalue weighted by Gasteiger charge is -2.18. The van der Waals surface area contributed by atoms with E-state index in [0.29, 0.717) is 11.3 Å². The molecule has 0 aliphatic carbocycles. The Labute approximate surface area is 156 Å². The Hall–Kier alpha value is -3.03. The predicted octanol–water partition coefficient (Wildman–Crippen LogP) is 2.50. The van der Waals surface area contributed by atoms with Crippen LogP contribution in [-0.4, -0.2) is 41.0 Å². The number of fused-ring (bicyclic) bond motifs is 1. The van der Waals surface area contributed by atoms with Gasteiger partial charge in [0.15, 0.2) is 0 Å². The minimum Gasteiger partial charge on any atom is -0.497 e. The highest BCUT2D eigenvalue weighted by Gasteiger charge is 2.22. The largest absolute Gasteiger partial charge is 0.497 e. The highest BCUT2D eigenvalue weighted by atomic mass is 16.5. The molecule has 3 aromatic rings. The van der Waals surface area contributed by atoms with Crippen LogP contribution >= 0.6 is 0 Å². The molecule has 0 fully saturated rings. The first-order valence-electron chi connectivity index (χ1n) is 8.54. The molecule has 27 heavy (non-hydrogen) atoms. The Bertz CT molecular complexity index is 894. The molecule has 7 heteroatoms. The van der Waals surface area contributed by atoms with E-state index in [0.717, 1.165) is 16.5 Å². The van der Waals surface area contributed by atoms with Crippen LogP contribution in [0.3, 0.4) is 0 Å². The van der Waals surface area contributed by atoms with E-state index in [9.17, 15) is 15.0 Å². The Morgan fingerprint density at radius 3 is 2.70 bits per heavy atom. The monoisotopic (exact) mass is 370 g/mol. The quantitative estimate of drug-likeness (QED) is 0.512. The predicted molar refractivity (Wildman–Crippen MR) is 100 cm³/mol. The fourth-order valence-electron chi connectivity index (χ4n) is 2.77. The normalized spacial score (nSPS) is 13.1.